The second kappa shape index (κ2) is 5.96. The fraction of sp³-hybridized carbons (Fsp3) is 0.111. The summed E-state index contributed by atoms with van der Waals surface area (Å²) in [6.07, 6.45) is 0. The molecule has 3 aromatic rings. The number of fused-ring (bicyclic) bond motifs is 1. The maximum atomic E-state index is 12.6. The Kier molecular flexibility index (Phi) is 3.85. The SMILES string of the molecule is COc1ccc(N(C)C(=O)c2cc(=O)c3ccccc3o2)cc1. The van der Waals surface area contributed by atoms with Crippen LogP contribution in [0.3, 0.4) is 0 Å². The number of rotatable bonds is 3. The van der Waals surface area contributed by atoms with Crippen molar-refractivity contribution in [2.75, 3.05) is 19.1 Å². The number of amides is 1. The first-order valence-corrected chi connectivity index (χ1v) is 7.05. The molecule has 0 bridgehead atoms. The Morgan fingerprint density at radius 3 is 2.48 bits per heavy atom. The largest absolute Gasteiger partial charge is 0.497 e. The third-order valence-corrected chi connectivity index (χ3v) is 3.61. The van der Waals surface area contributed by atoms with Crippen LogP contribution in [0.2, 0.25) is 0 Å². The van der Waals surface area contributed by atoms with E-state index in [2.05, 4.69) is 0 Å². The maximum absolute atomic E-state index is 12.6. The Labute approximate surface area is 132 Å². The van der Waals surface area contributed by atoms with Crippen LogP contribution in [0.25, 0.3) is 11.0 Å². The van der Waals surface area contributed by atoms with Gasteiger partial charge in [-0.1, -0.05) is 12.1 Å². The van der Waals surface area contributed by atoms with E-state index < -0.39 is 5.91 Å². The monoisotopic (exact) mass is 309 g/mol. The summed E-state index contributed by atoms with van der Waals surface area (Å²) in [6, 6.07) is 15.1. The van der Waals surface area contributed by atoms with Crippen LogP contribution in [-0.4, -0.2) is 20.1 Å². The summed E-state index contributed by atoms with van der Waals surface area (Å²) in [5.74, 6) is 0.317. The number of carbonyl (C=O) groups excluding carboxylic acids is 1. The van der Waals surface area contributed by atoms with Crippen LogP contribution >= 0.6 is 0 Å². The predicted molar refractivity (Wildman–Crippen MR) is 88.2 cm³/mol. The van der Waals surface area contributed by atoms with Gasteiger partial charge < -0.3 is 14.1 Å². The van der Waals surface area contributed by atoms with Crippen LogP contribution < -0.4 is 15.1 Å². The molecule has 0 saturated heterocycles. The van der Waals surface area contributed by atoms with E-state index in [1.807, 2.05) is 0 Å². The number of para-hydroxylation sites is 1. The number of anilines is 1. The minimum absolute atomic E-state index is 0.00650. The van der Waals surface area contributed by atoms with E-state index in [0.717, 1.165) is 0 Å². The maximum Gasteiger partial charge on any atom is 0.293 e. The molecule has 0 radical (unpaired) electrons. The highest BCUT2D eigenvalue weighted by Crippen LogP contribution is 2.20. The lowest BCUT2D eigenvalue weighted by Crippen LogP contribution is -2.27. The van der Waals surface area contributed by atoms with Gasteiger partial charge in [0.05, 0.1) is 12.5 Å². The van der Waals surface area contributed by atoms with E-state index in [1.54, 1.807) is 62.7 Å². The lowest BCUT2D eigenvalue weighted by Gasteiger charge is -2.17. The molecule has 1 aromatic heterocycles. The van der Waals surface area contributed by atoms with Crippen LogP contribution in [0.5, 0.6) is 5.75 Å². The number of hydrogen-bond acceptors (Lipinski definition) is 4. The summed E-state index contributed by atoms with van der Waals surface area (Å²) >= 11 is 0. The van der Waals surface area contributed by atoms with E-state index in [-0.39, 0.29) is 11.2 Å². The molecule has 0 fully saturated rings. The van der Waals surface area contributed by atoms with Gasteiger partial charge in [0.1, 0.15) is 11.3 Å². The lowest BCUT2D eigenvalue weighted by molar-refractivity contribution is 0.0967. The minimum Gasteiger partial charge on any atom is -0.497 e. The third kappa shape index (κ3) is 2.81. The van der Waals surface area contributed by atoms with Crippen LogP contribution in [0.1, 0.15) is 10.6 Å². The number of hydrogen-bond donors (Lipinski definition) is 0. The molecule has 0 aliphatic carbocycles. The normalized spacial score (nSPS) is 10.5. The van der Waals surface area contributed by atoms with Crippen molar-refractivity contribution in [2.45, 2.75) is 0 Å². The fourth-order valence-electron chi connectivity index (χ4n) is 2.30. The molecule has 0 aliphatic heterocycles. The van der Waals surface area contributed by atoms with Gasteiger partial charge in [-0.3, -0.25) is 9.59 Å². The number of nitrogens with zero attached hydrogens (tertiary/aromatic N) is 1. The molecule has 116 valence electrons. The van der Waals surface area contributed by atoms with Crippen LogP contribution in [0.4, 0.5) is 5.69 Å². The van der Waals surface area contributed by atoms with Gasteiger partial charge >= 0.3 is 0 Å². The quantitative estimate of drug-likeness (QED) is 0.746. The van der Waals surface area contributed by atoms with Crippen molar-refractivity contribution >= 4 is 22.6 Å². The zero-order chi connectivity index (χ0) is 16.4. The van der Waals surface area contributed by atoms with Crippen molar-refractivity contribution in [3.05, 3.63) is 70.6 Å². The molecule has 3 rings (SSSR count). The van der Waals surface area contributed by atoms with Gasteiger partial charge in [0.2, 0.25) is 0 Å². The van der Waals surface area contributed by atoms with Gasteiger partial charge in [0, 0.05) is 18.8 Å². The molecule has 0 N–H and O–H groups in total. The summed E-state index contributed by atoms with van der Waals surface area (Å²) < 4.78 is 10.7. The Bertz CT molecular complexity index is 912. The Hall–Kier alpha value is -3.08. The Balaban J connectivity index is 1.97. The third-order valence-electron chi connectivity index (χ3n) is 3.61. The first-order valence-electron chi connectivity index (χ1n) is 7.05. The lowest BCUT2D eigenvalue weighted by atomic mass is 10.2. The van der Waals surface area contributed by atoms with Gasteiger partial charge in [-0.2, -0.15) is 0 Å². The fourth-order valence-corrected chi connectivity index (χ4v) is 2.30. The van der Waals surface area contributed by atoms with Crippen molar-refractivity contribution in [1.29, 1.82) is 0 Å². The van der Waals surface area contributed by atoms with Gasteiger partial charge in [-0.15, -0.1) is 0 Å². The Morgan fingerprint density at radius 2 is 1.78 bits per heavy atom. The standard InChI is InChI=1S/C18H15NO4/c1-19(12-7-9-13(22-2)10-8-12)18(21)17-11-15(20)14-5-3-4-6-16(14)23-17/h3-11H,1-2H3. The van der Waals surface area contributed by atoms with Crippen LogP contribution in [0.15, 0.2) is 63.8 Å². The highest BCUT2D eigenvalue weighted by atomic mass is 16.5. The van der Waals surface area contributed by atoms with E-state index >= 15 is 0 Å². The molecule has 2 aromatic carbocycles. The minimum atomic E-state index is -0.391. The average molecular weight is 309 g/mol. The summed E-state index contributed by atoms with van der Waals surface area (Å²) in [7, 11) is 3.20. The van der Waals surface area contributed by atoms with Crippen molar-refractivity contribution in [3.63, 3.8) is 0 Å². The van der Waals surface area contributed by atoms with Crippen LogP contribution in [0, 0.1) is 0 Å². The summed E-state index contributed by atoms with van der Waals surface area (Å²) in [6.45, 7) is 0. The van der Waals surface area contributed by atoms with Crippen molar-refractivity contribution < 1.29 is 13.9 Å². The van der Waals surface area contributed by atoms with Gasteiger partial charge in [0.15, 0.2) is 11.2 Å². The molecular weight excluding hydrogens is 294 g/mol. The second-order valence-corrected chi connectivity index (χ2v) is 5.03. The van der Waals surface area contributed by atoms with Gasteiger partial charge in [-0.25, -0.2) is 0 Å². The number of carbonyl (C=O) groups is 1. The zero-order valence-electron chi connectivity index (χ0n) is 12.8. The summed E-state index contributed by atoms with van der Waals surface area (Å²) in [4.78, 5) is 26.1. The topological polar surface area (TPSA) is 59.8 Å². The van der Waals surface area contributed by atoms with Gasteiger partial charge in [0.25, 0.3) is 5.91 Å². The second-order valence-electron chi connectivity index (χ2n) is 5.03. The zero-order valence-corrected chi connectivity index (χ0v) is 12.8. The van der Waals surface area contributed by atoms with Crippen molar-refractivity contribution in [1.82, 2.24) is 0 Å². The number of benzene rings is 2. The van der Waals surface area contributed by atoms with E-state index in [9.17, 15) is 9.59 Å². The summed E-state index contributed by atoms with van der Waals surface area (Å²) in [5.41, 5.74) is 0.830. The van der Waals surface area contributed by atoms with E-state index in [4.69, 9.17) is 9.15 Å². The molecule has 0 atom stereocenters. The molecule has 0 aliphatic rings. The van der Waals surface area contributed by atoms with E-state index in [0.29, 0.717) is 22.4 Å². The molecule has 23 heavy (non-hydrogen) atoms. The smallest absolute Gasteiger partial charge is 0.293 e. The highest BCUT2D eigenvalue weighted by Gasteiger charge is 2.18. The first-order chi connectivity index (χ1) is 11.1. The molecule has 0 unspecified atom stereocenters. The molecule has 5 nitrogen and oxygen atoms in total. The predicted octanol–water partition coefficient (Wildman–Crippen LogP) is 3.08. The van der Waals surface area contributed by atoms with Crippen LogP contribution in [-0.2, 0) is 0 Å². The Morgan fingerprint density at radius 1 is 1.09 bits per heavy atom. The van der Waals surface area contributed by atoms with Crippen molar-refractivity contribution in [3.8, 4) is 5.75 Å². The first kappa shape index (κ1) is 14.8. The van der Waals surface area contributed by atoms with Crippen molar-refractivity contribution in [2.24, 2.45) is 0 Å². The molecule has 0 spiro atoms. The molecule has 1 amide bonds. The number of ether oxygens (including phenoxy) is 1. The average Bonchev–Trinajstić information content (AvgIpc) is 2.60. The molecule has 0 saturated carbocycles. The molecule has 1 heterocycles. The summed E-state index contributed by atoms with van der Waals surface area (Å²) in [5, 5.41) is 0.455. The number of methoxy groups -OCH3 is 1. The highest BCUT2D eigenvalue weighted by molar-refractivity contribution is 6.04. The van der Waals surface area contributed by atoms with Gasteiger partial charge in [-0.05, 0) is 36.4 Å². The molecule has 5 heteroatoms. The molecular formula is C18H15NO4. The van der Waals surface area contributed by atoms with E-state index in [1.165, 1.54) is 11.0 Å².